The number of carbonyl (C=O) groups is 3. The maximum atomic E-state index is 14.4. The van der Waals surface area contributed by atoms with Gasteiger partial charge in [0, 0.05) is 5.41 Å². The van der Waals surface area contributed by atoms with E-state index in [1.165, 1.54) is 0 Å². The molecule has 5 aliphatic carbocycles. The molecule has 0 saturated heterocycles. The number of esters is 2. The molecule has 0 aromatic heterocycles. The highest BCUT2D eigenvalue weighted by Gasteiger charge is 2.65. The summed E-state index contributed by atoms with van der Waals surface area (Å²) in [6.45, 7) is 13.3. The van der Waals surface area contributed by atoms with Gasteiger partial charge in [-0.15, -0.1) is 0 Å². The van der Waals surface area contributed by atoms with Crippen molar-refractivity contribution in [3.05, 3.63) is 11.1 Å². The van der Waals surface area contributed by atoms with Crippen molar-refractivity contribution < 1.29 is 23.9 Å². The Balaban J connectivity index is 1.53. The first-order valence-electron chi connectivity index (χ1n) is 16.1. The predicted octanol–water partition coefficient (Wildman–Crippen LogP) is 7.46. The van der Waals surface area contributed by atoms with E-state index < -0.39 is 16.8 Å². The third-order valence-electron chi connectivity index (χ3n) is 11.8. The van der Waals surface area contributed by atoms with Crippen LogP contribution >= 0.6 is 0 Å². The van der Waals surface area contributed by atoms with Crippen LogP contribution in [0, 0.1) is 52.3 Å². The molecule has 4 fully saturated rings. The third-order valence-corrected chi connectivity index (χ3v) is 11.8. The van der Waals surface area contributed by atoms with Crippen LogP contribution < -0.4 is 0 Å². The lowest BCUT2D eigenvalue weighted by molar-refractivity contribution is -0.155. The van der Waals surface area contributed by atoms with Crippen LogP contribution in [0.1, 0.15) is 119 Å². The van der Waals surface area contributed by atoms with Crippen LogP contribution in [0.25, 0.3) is 0 Å². The van der Waals surface area contributed by atoms with Gasteiger partial charge in [0.2, 0.25) is 0 Å². The maximum absolute atomic E-state index is 14.4. The van der Waals surface area contributed by atoms with Gasteiger partial charge in [0.05, 0.1) is 16.6 Å². The maximum Gasteiger partial charge on any atom is 0.335 e. The minimum Gasteiger partial charge on any atom is -0.459 e. The molecule has 5 aliphatic rings. The van der Waals surface area contributed by atoms with Crippen LogP contribution in [0.4, 0.5) is 0 Å². The van der Waals surface area contributed by atoms with Crippen molar-refractivity contribution in [2.24, 2.45) is 52.3 Å². The molecule has 2 bridgehead atoms. The van der Waals surface area contributed by atoms with Crippen molar-refractivity contribution in [3.8, 4) is 0 Å². The first kappa shape index (κ1) is 28.9. The van der Waals surface area contributed by atoms with E-state index in [1.807, 2.05) is 0 Å². The van der Waals surface area contributed by atoms with E-state index in [2.05, 4.69) is 41.5 Å². The van der Waals surface area contributed by atoms with E-state index in [0.29, 0.717) is 65.4 Å². The second kappa shape index (κ2) is 11.0. The Labute approximate surface area is 236 Å². The molecule has 5 rings (SSSR count). The largest absolute Gasteiger partial charge is 0.459 e. The van der Waals surface area contributed by atoms with Gasteiger partial charge in [0.25, 0.3) is 0 Å². The van der Waals surface area contributed by atoms with E-state index in [9.17, 15) is 14.4 Å². The zero-order valence-electron chi connectivity index (χ0n) is 25.3. The highest BCUT2D eigenvalue weighted by atomic mass is 16.6. The average molecular weight is 541 g/mol. The topological polar surface area (TPSA) is 69.7 Å². The van der Waals surface area contributed by atoms with Gasteiger partial charge in [-0.2, -0.15) is 0 Å². The summed E-state index contributed by atoms with van der Waals surface area (Å²) in [6, 6.07) is 0. The number of hydrogen-bond donors (Lipinski definition) is 0. The van der Waals surface area contributed by atoms with E-state index in [0.717, 1.165) is 70.5 Å². The average Bonchev–Trinajstić information content (AvgIpc) is 3.40. The summed E-state index contributed by atoms with van der Waals surface area (Å²) in [5.41, 5.74) is -0.435. The molecule has 4 saturated carbocycles. The van der Waals surface area contributed by atoms with Crippen LogP contribution in [0.2, 0.25) is 0 Å². The van der Waals surface area contributed by atoms with Crippen LogP contribution in [-0.4, -0.2) is 30.4 Å². The zero-order valence-corrected chi connectivity index (χ0v) is 25.3. The molecule has 0 radical (unpaired) electrons. The van der Waals surface area contributed by atoms with Crippen molar-refractivity contribution in [1.29, 1.82) is 0 Å². The normalized spacial score (nSPS) is 42.0. The third kappa shape index (κ3) is 5.03. The highest BCUT2D eigenvalue weighted by molar-refractivity contribution is 6.07. The molecular weight excluding hydrogens is 488 g/mol. The Morgan fingerprint density at radius 1 is 0.769 bits per heavy atom. The molecule has 218 valence electrons. The molecule has 9 atom stereocenters. The second-order valence-electron chi connectivity index (χ2n) is 15.0. The molecule has 0 N–H and O–H groups in total. The molecule has 0 aromatic rings. The molecule has 5 heteroatoms. The number of hydrogen-bond acceptors (Lipinski definition) is 5. The highest BCUT2D eigenvalue weighted by Crippen LogP contribution is 2.68. The summed E-state index contributed by atoms with van der Waals surface area (Å²) in [5.74, 6) is 2.07. The summed E-state index contributed by atoms with van der Waals surface area (Å²) in [5, 5.41) is 0. The number of aldehydes is 1. The molecule has 0 heterocycles. The van der Waals surface area contributed by atoms with Crippen molar-refractivity contribution in [1.82, 2.24) is 0 Å². The number of rotatable bonds is 7. The second-order valence-corrected chi connectivity index (χ2v) is 15.0. The Morgan fingerprint density at radius 3 is 1.82 bits per heavy atom. The summed E-state index contributed by atoms with van der Waals surface area (Å²) >= 11 is 0. The lowest BCUT2D eigenvalue weighted by atomic mass is 9.62. The van der Waals surface area contributed by atoms with E-state index in [-0.39, 0.29) is 18.2 Å². The van der Waals surface area contributed by atoms with Gasteiger partial charge in [0.15, 0.2) is 0 Å². The molecule has 0 amide bonds. The van der Waals surface area contributed by atoms with E-state index in [4.69, 9.17) is 9.47 Å². The van der Waals surface area contributed by atoms with Crippen LogP contribution in [0.15, 0.2) is 11.1 Å². The standard InChI is InChI=1S/C34H52O5/c1-20(2)25-11-9-22(5)16-27(25)38-31(36)29-30(32(37)39-28-17-23(6)10-12-26(28)21(3)4)34-14-7-8-24(34)13-15-33(29,18-34)19-35/h19-28H,7-18H2,1-6H3/t22-,23-,24+,25+,26+,27-,28-,33-,34-/m1/s1. The molecule has 0 aromatic carbocycles. The monoisotopic (exact) mass is 540 g/mol. The summed E-state index contributed by atoms with van der Waals surface area (Å²) in [6.07, 6.45) is 11.9. The van der Waals surface area contributed by atoms with Crippen molar-refractivity contribution in [2.45, 2.75) is 131 Å². The molecule has 0 unspecified atom stereocenters. The fraction of sp³-hybridized carbons (Fsp3) is 0.853. The zero-order chi connectivity index (χ0) is 28.1. The SMILES string of the molecule is CC(C)[C@@H]1CC[C@@H](C)C[C@H]1OC(=O)C1=C(C(=O)O[C@@H]2C[C@H](C)CC[C@H]2C(C)C)[C@@]23CCC[C@H]2CC[C@]1(C=O)C3. The number of carbonyl (C=O) groups excluding carboxylic acids is 3. The smallest absolute Gasteiger partial charge is 0.335 e. The Morgan fingerprint density at radius 2 is 1.31 bits per heavy atom. The van der Waals surface area contributed by atoms with E-state index in [1.54, 1.807) is 0 Å². The first-order chi connectivity index (χ1) is 18.5. The Bertz CT molecular complexity index is 996. The van der Waals surface area contributed by atoms with E-state index >= 15 is 0 Å². The molecule has 0 aliphatic heterocycles. The number of ether oxygens (including phenoxy) is 2. The lowest BCUT2D eigenvalue weighted by Crippen LogP contribution is -2.39. The fourth-order valence-electron chi connectivity index (χ4n) is 9.67. The van der Waals surface area contributed by atoms with Crippen molar-refractivity contribution in [2.75, 3.05) is 0 Å². The first-order valence-corrected chi connectivity index (χ1v) is 16.1. The Hall–Kier alpha value is -1.65. The van der Waals surface area contributed by atoms with Gasteiger partial charge < -0.3 is 14.3 Å². The van der Waals surface area contributed by atoms with Crippen molar-refractivity contribution >= 4 is 18.2 Å². The minimum atomic E-state index is -0.919. The molecule has 39 heavy (non-hydrogen) atoms. The fourth-order valence-corrected chi connectivity index (χ4v) is 9.67. The summed E-state index contributed by atoms with van der Waals surface area (Å²) in [4.78, 5) is 41.5. The van der Waals surface area contributed by atoms with Gasteiger partial charge >= 0.3 is 11.9 Å². The van der Waals surface area contributed by atoms with Gasteiger partial charge in [-0.1, -0.05) is 60.8 Å². The van der Waals surface area contributed by atoms with Crippen LogP contribution in [-0.2, 0) is 23.9 Å². The predicted molar refractivity (Wildman–Crippen MR) is 152 cm³/mol. The van der Waals surface area contributed by atoms with Gasteiger partial charge in [-0.05, 0) is 99.2 Å². The number of fused-ring (bicyclic) bond motifs is 1. The quantitative estimate of drug-likeness (QED) is 0.248. The van der Waals surface area contributed by atoms with Crippen LogP contribution in [0.5, 0.6) is 0 Å². The Kier molecular flexibility index (Phi) is 8.12. The molecular formula is C34H52O5. The molecule has 5 nitrogen and oxygen atoms in total. The summed E-state index contributed by atoms with van der Waals surface area (Å²) < 4.78 is 12.8. The minimum absolute atomic E-state index is 0.139. The van der Waals surface area contributed by atoms with Crippen molar-refractivity contribution in [3.63, 3.8) is 0 Å². The van der Waals surface area contributed by atoms with Gasteiger partial charge in [-0.3, -0.25) is 0 Å². The molecule has 1 spiro atoms. The van der Waals surface area contributed by atoms with Crippen LogP contribution in [0.3, 0.4) is 0 Å². The van der Waals surface area contributed by atoms with Gasteiger partial charge in [-0.25, -0.2) is 9.59 Å². The lowest BCUT2D eigenvalue weighted by Gasteiger charge is -2.42. The summed E-state index contributed by atoms with van der Waals surface area (Å²) in [7, 11) is 0. The van der Waals surface area contributed by atoms with Gasteiger partial charge in [0.1, 0.15) is 18.5 Å².